The van der Waals surface area contributed by atoms with Gasteiger partial charge in [-0.2, -0.15) is 0 Å². The van der Waals surface area contributed by atoms with E-state index in [2.05, 4.69) is 38.9 Å². The van der Waals surface area contributed by atoms with E-state index in [0.29, 0.717) is 5.82 Å². The highest BCUT2D eigenvalue weighted by molar-refractivity contribution is 9.10. The van der Waals surface area contributed by atoms with E-state index in [1.807, 2.05) is 36.4 Å². The highest BCUT2D eigenvalue weighted by Gasteiger charge is 1.97. The van der Waals surface area contributed by atoms with Gasteiger partial charge in [-0.25, -0.2) is 4.98 Å². The van der Waals surface area contributed by atoms with Crippen LogP contribution in [0.5, 0.6) is 0 Å². The molecule has 0 bridgehead atoms. The Morgan fingerprint density at radius 3 is 2.58 bits per heavy atom. The molecule has 0 unspecified atom stereocenters. The van der Waals surface area contributed by atoms with Crippen LogP contribution in [0.3, 0.4) is 0 Å². The van der Waals surface area contributed by atoms with Crippen LogP contribution in [-0.2, 0) is 0 Å². The standard InChI is InChI=1S/C10H10N2.C9H6BrNO/c1-7-2-3-9-8(6-7)4-5-12-10(9)11;10-7-1-2-8-6(5-7)3-4-11-9(8)12/h2-6H,1H3,(H2,11,12);1-5H,(H,11,12). The summed E-state index contributed by atoms with van der Waals surface area (Å²) in [5, 5.41) is 3.86. The van der Waals surface area contributed by atoms with Gasteiger partial charge in [0, 0.05) is 27.6 Å². The van der Waals surface area contributed by atoms with Crippen LogP contribution >= 0.6 is 15.9 Å². The van der Waals surface area contributed by atoms with Gasteiger partial charge in [0.1, 0.15) is 5.82 Å². The average molecular weight is 382 g/mol. The Morgan fingerprint density at radius 2 is 1.75 bits per heavy atom. The summed E-state index contributed by atoms with van der Waals surface area (Å²) in [6, 6.07) is 15.6. The van der Waals surface area contributed by atoms with E-state index in [-0.39, 0.29) is 5.56 Å². The molecule has 5 heteroatoms. The first-order chi connectivity index (χ1) is 11.5. The highest BCUT2D eigenvalue weighted by atomic mass is 79.9. The molecule has 0 radical (unpaired) electrons. The first-order valence-corrected chi connectivity index (χ1v) is 8.22. The molecular weight excluding hydrogens is 366 g/mol. The lowest BCUT2D eigenvalue weighted by Crippen LogP contribution is -2.03. The fraction of sp³-hybridized carbons (Fsp3) is 0.0526. The zero-order valence-corrected chi connectivity index (χ0v) is 14.7. The maximum Gasteiger partial charge on any atom is 0.255 e. The summed E-state index contributed by atoms with van der Waals surface area (Å²) < 4.78 is 0.987. The minimum absolute atomic E-state index is 0.0417. The molecule has 3 N–H and O–H groups in total. The minimum Gasteiger partial charge on any atom is -0.383 e. The summed E-state index contributed by atoms with van der Waals surface area (Å²) in [5.74, 6) is 0.604. The number of nitrogens with two attached hydrogens (primary N) is 1. The van der Waals surface area contributed by atoms with Gasteiger partial charge in [0.25, 0.3) is 5.56 Å². The third-order valence-electron chi connectivity index (χ3n) is 3.69. The second kappa shape index (κ2) is 6.84. The molecule has 0 amide bonds. The maximum atomic E-state index is 11.2. The van der Waals surface area contributed by atoms with Crippen LogP contribution < -0.4 is 11.3 Å². The summed E-state index contributed by atoms with van der Waals surface area (Å²) in [5.41, 5.74) is 6.90. The van der Waals surface area contributed by atoms with Gasteiger partial charge in [-0.3, -0.25) is 4.79 Å². The number of pyridine rings is 2. The van der Waals surface area contributed by atoms with E-state index in [0.717, 1.165) is 26.0 Å². The molecule has 0 aliphatic heterocycles. The van der Waals surface area contributed by atoms with E-state index in [1.165, 1.54) is 5.56 Å². The Hall–Kier alpha value is -2.66. The van der Waals surface area contributed by atoms with Gasteiger partial charge in [-0.05, 0) is 48.0 Å². The number of halogens is 1. The number of hydrogen-bond donors (Lipinski definition) is 2. The normalized spacial score (nSPS) is 10.4. The van der Waals surface area contributed by atoms with Crippen molar-refractivity contribution in [3.63, 3.8) is 0 Å². The fourth-order valence-electron chi connectivity index (χ4n) is 2.48. The zero-order chi connectivity index (χ0) is 17.1. The van der Waals surface area contributed by atoms with Gasteiger partial charge in [-0.15, -0.1) is 0 Å². The predicted molar refractivity (Wildman–Crippen MR) is 103 cm³/mol. The predicted octanol–water partition coefficient (Wildman–Crippen LogP) is 4.42. The Balaban J connectivity index is 0.000000141. The van der Waals surface area contributed by atoms with Crippen LogP contribution in [0.1, 0.15) is 5.56 Å². The van der Waals surface area contributed by atoms with Crippen molar-refractivity contribution in [3.05, 3.63) is 81.3 Å². The van der Waals surface area contributed by atoms with Crippen molar-refractivity contribution < 1.29 is 0 Å². The van der Waals surface area contributed by atoms with Crippen molar-refractivity contribution in [2.24, 2.45) is 0 Å². The highest BCUT2D eigenvalue weighted by Crippen LogP contribution is 2.19. The second-order valence-corrected chi connectivity index (χ2v) is 6.37. The van der Waals surface area contributed by atoms with Gasteiger partial charge >= 0.3 is 0 Å². The smallest absolute Gasteiger partial charge is 0.255 e. The molecule has 4 rings (SSSR count). The topological polar surface area (TPSA) is 71.8 Å². The van der Waals surface area contributed by atoms with E-state index in [9.17, 15) is 4.79 Å². The minimum atomic E-state index is -0.0417. The number of benzene rings is 2. The van der Waals surface area contributed by atoms with Gasteiger partial charge in [0.2, 0.25) is 0 Å². The number of nitrogens with zero attached hydrogens (tertiary/aromatic N) is 1. The van der Waals surface area contributed by atoms with Crippen molar-refractivity contribution in [1.29, 1.82) is 0 Å². The molecule has 4 aromatic rings. The van der Waals surface area contributed by atoms with E-state index >= 15 is 0 Å². The average Bonchev–Trinajstić information content (AvgIpc) is 2.55. The number of hydrogen-bond acceptors (Lipinski definition) is 3. The fourth-order valence-corrected chi connectivity index (χ4v) is 2.86. The number of H-pyrrole nitrogens is 1. The Bertz CT molecular complexity index is 1070. The van der Waals surface area contributed by atoms with Crippen molar-refractivity contribution in [2.75, 3.05) is 5.73 Å². The number of aromatic nitrogens is 2. The summed E-state index contributed by atoms with van der Waals surface area (Å²) >= 11 is 3.34. The summed E-state index contributed by atoms with van der Waals surface area (Å²) in [7, 11) is 0. The van der Waals surface area contributed by atoms with Crippen LogP contribution in [0.15, 0.2) is 70.2 Å². The lowest BCUT2D eigenvalue weighted by Gasteiger charge is -2.00. The molecule has 2 aromatic heterocycles. The maximum absolute atomic E-state index is 11.2. The van der Waals surface area contributed by atoms with E-state index in [4.69, 9.17) is 5.73 Å². The molecule has 0 atom stereocenters. The van der Waals surface area contributed by atoms with Gasteiger partial charge < -0.3 is 10.7 Å². The Morgan fingerprint density at radius 1 is 1.00 bits per heavy atom. The number of fused-ring (bicyclic) bond motifs is 2. The molecule has 120 valence electrons. The SMILES string of the molecule is Cc1ccc2c(N)nccc2c1.O=c1[nH]ccc2cc(Br)ccc12. The van der Waals surface area contributed by atoms with E-state index < -0.39 is 0 Å². The second-order valence-electron chi connectivity index (χ2n) is 5.46. The molecule has 0 fully saturated rings. The molecule has 2 heterocycles. The quantitative estimate of drug-likeness (QED) is 0.473. The lowest BCUT2D eigenvalue weighted by atomic mass is 10.1. The van der Waals surface area contributed by atoms with Crippen molar-refractivity contribution in [1.82, 2.24) is 9.97 Å². The van der Waals surface area contributed by atoms with Crippen molar-refractivity contribution in [2.45, 2.75) is 6.92 Å². The summed E-state index contributed by atoms with van der Waals surface area (Å²) in [6.07, 6.45) is 3.38. The van der Waals surface area contributed by atoms with Crippen LogP contribution in [0, 0.1) is 6.92 Å². The number of anilines is 1. The van der Waals surface area contributed by atoms with Gasteiger partial charge in [0.15, 0.2) is 0 Å². The van der Waals surface area contributed by atoms with Gasteiger partial charge in [-0.1, -0.05) is 39.7 Å². The molecule has 0 spiro atoms. The third-order valence-corrected chi connectivity index (χ3v) is 4.18. The van der Waals surface area contributed by atoms with Crippen LogP contribution in [-0.4, -0.2) is 9.97 Å². The van der Waals surface area contributed by atoms with Crippen molar-refractivity contribution in [3.8, 4) is 0 Å². The first kappa shape index (κ1) is 16.2. The molecule has 0 aliphatic rings. The molecule has 0 aliphatic carbocycles. The number of nitrogens with one attached hydrogen (secondary N) is 1. The largest absolute Gasteiger partial charge is 0.383 e. The number of aryl methyl sites for hydroxylation is 1. The molecule has 0 saturated heterocycles. The van der Waals surface area contributed by atoms with Gasteiger partial charge in [0.05, 0.1) is 0 Å². The molecule has 24 heavy (non-hydrogen) atoms. The number of rotatable bonds is 0. The number of aromatic amines is 1. The molecule has 4 nitrogen and oxygen atoms in total. The summed E-state index contributed by atoms with van der Waals surface area (Å²) in [6.45, 7) is 2.07. The van der Waals surface area contributed by atoms with Crippen LogP contribution in [0.4, 0.5) is 5.82 Å². The monoisotopic (exact) mass is 381 g/mol. The van der Waals surface area contributed by atoms with E-state index in [1.54, 1.807) is 18.5 Å². The first-order valence-electron chi connectivity index (χ1n) is 7.42. The Kier molecular flexibility index (Phi) is 4.62. The zero-order valence-electron chi connectivity index (χ0n) is 13.1. The molecule has 2 aromatic carbocycles. The lowest BCUT2D eigenvalue weighted by molar-refractivity contribution is 1.28. The van der Waals surface area contributed by atoms with Crippen LogP contribution in [0.25, 0.3) is 21.5 Å². The third kappa shape index (κ3) is 3.46. The molecular formula is C19H16BrN3O. The summed E-state index contributed by atoms with van der Waals surface area (Å²) in [4.78, 5) is 17.9. The van der Waals surface area contributed by atoms with Crippen molar-refractivity contribution >= 4 is 43.3 Å². The Labute approximate surface area is 147 Å². The van der Waals surface area contributed by atoms with Crippen LogP contribution in [0.2, 0.25) is 0 Å². The number of nitrogen functional groups attached to an aromatic ring is 1. The molecule has 0 saturated carbocycles.